The van der Waals surface area contributed by atoms with Gasteiger partial charge in [-0.05, 0) is 68.7 Å². The van der Waals surface area contributed by atoms with Gasteiger partial charge in [0.2, 0.25) is 5.76 Å². The van der Waals surface area contributed by atoms with Crippen LogP contribution in [0.5, 0.6) is 0 Å². The molecule has 1 atom stereocenters. The van der Waals surface area contributed by atoms with Gasteiger partial charge >= 0.3 is 5.97 Å². The van der Waals surface area contributed by atoms with E-state index in [1.165, 1.54) is 29.2 Å². The largest absolute Gasteiger partial charge is 0.462 e. The lowest BCUT2D eigenvalue weighted by molar-refractivity contribution is 0.0531. The minimum absolute atomic E-state index is 0.0920. The second-order valence-electron chi connectivity index (χ2n) is 8.37. The fraction of sp³-hybridized carbons (Fsp3) is 0.231. The lowest BCUT2D eigenvalue weighted by Crippen LogP contribution is -2.29. The molecular formula is C26H21FN2O5S. The van der Waals surface area contributed by atoms with Crippen molar-refractivity contribution in [3.05, 3.63) is 91.0 Å². The summed E-state index contributed by atoms with van der Waals surface area (Å²) in [6, 6.07) is 8.16. The molecule has 0 fully saturated rings. The van der Waals surface area contributed by atoms with Crippen LogP contribution in [0.2, 0.25) is 0 Å². The highest BCUT2D eigenvalue weighted by molar-refractivity contribution is 7.17. The molecule has 2 aromatic carbocycles. The van der Waals surface area contributed by atoms with Crippen LogP contribution in [0, 0.1) is 26.6 Å². The van der Waals surface area contributed by atoms with Crippen LogP contribution in [0.1, 0.15) is 61.1 Å². The lowest BCUT2D eigenvalue weighted by Gasteiger charge is -2.22. The first kappa shape index (κ1) is 22.9. The molecule has 1 unspecified atom stereocenters. The molecule has 0 radical (unpaired) electrons. The summed E-state index contributed by atoms with van der Waals surface area (Å²) in [6.07, 6.45) is 0. The number of aromatic nitrogens is 1. The Morgan fingerprint density at radius 2 is 1.83 bits per heavy atom. The van der Waals surface area contributed by atoms with E-state index in [-0.39, 0.29) is 33.4 Å². The number of carbonyl (C=O) groups excluding carboxylic acids is 2. The number of fused-ring (bicyclic) bond motifs is 2. The molecule has 178 valence electrons. The van der Waals surface area contributed by atoms with Crippen molar-refractivity contribution in [1.82, 2.24) is 4.98 Å². The van der Waals surface area contributed by atoms with Crippen molar-refractivity contribution in [1.29, 1.82) is 0 Å². The van der Waals surface area contributed by atoms with Crippen LogP contribution in [0.4, 0.5) is 9.52 Å². The molecule has 1 aliphatic rings. The molecule has 5 rings (SSSR count). The van der Waals surface area contributed by atoms with Crippen molar-refractivity contribution in [2.24, 2.45) is 0 Å². The molecule has 2 aromatic heterocycles. The minimum atomic E-state index is -0.902. The first-order valence-electron chi connectivity index (χ1n) is 11.0. The second-order valence-corrected chi connectivity index (χ2v) is 9.34. The molecule has 0 bridgehead atoms. The van der Waals surface area contributed by atoms with Crippen molar-refractivity contribution < 1.29 is 23.1 Å². The molecule has 0 saturated carbocycles. The van der Waals surface area contributed by atoms with E-state index >= 15 is 0 Å². The van der Waals surface area contributed by atoms with E-state index in [2.05, 4.69) is 4.98 Å². The molecule has 7 nitrogen and oxygen atoms in total. The maximum atomic E-state index is 13.7. The third-order valence-electron chi connectivity index (χ3n) is 6.12. The summed E-state index contributed by atoms with van der Waals surface area (Å²) >= 11 is 0.997. The Bertz CT molecular complexity index is 1570. The molecule has 0 N–H and O–H groups in total. The SMILES string of the molecule is CCOC(=O)c1sc(N2C(=O)c3oc4cc(C)c(C)cc4c(=O)c3C2c2ccc(F)cc2)nc1C. The molecule has 9 heteroatoms. The highest BCUT2D eigenvalue weighted by Crippen LogP contribution is 2.43. The number of halogens is 1. The molecular weight excluding hydrogens is 471 g/mol. The Hall–Kier alpha value is -3.85. The van der Waals surface area contributed by atoms with Crippen molar-refractivity contribution in [3.8, 4) is 0 Å². The van der Waals surface area contributed by atoms with E-state index in [0.29, 0.717) is 22.2 Å². The third-order valence-corrected chi connectivity index (χ3v) is 7.26. The summed E-state index contributed by atoms with van der Waals surface area (Å²) < 4.78 is 24.8. The van der Waals surface area contributed by atoms with Crippen LogP contribution in [-0.2, 0) is 4.74 Å². The fourth-order valence-corrected chi connectivity index (χ4v) is 5.24. The Morgan fingerprint density at radius 3 is 2.51 bits per heavy atom. The van der Waals surface area contributed by atoms with E-state index in [0.717, 1.165) is 22.5 Å². The number of hydrogen-bond donors (Lipinski definition) is 0. The summed E-state index contributed by atoms with van der Waals surface area (Å²) in [7, 11) is 0. The van der Waals surface area contributed by atoms with Gasteiger partial charge < -0.3 is 9.15 Å². The van der Waals surface area contributed by atoms with Gasteiger partial charge in [-0.25, -0.2) is 14.2 Å². The van der Waals surface area contributed by atoms with Gasteiger partial charge in [0, 0.05) is 0 Å². The van der Waals surface area contributed by atoms with E-state index in [1.54, 1.807) is 26.0 Å². The van der Waals surface area contributed by atoms with Gasteiger partial charge in [-0.15, -0.1) is 0 Å². The lowest BCUT2D eigenvalue weighted by atomic mass is 9.97. The van der Waals surface area contributed by atoms with E-state index in [1.807, 2.05) is 13.8 Å². The predicted molar refractivity (Wildman–Crippen MR) is 130 cm³/mol. The van der Waals surface area contributed by atoms with Gasteiger partial charge in [0.1, 0.15) is 16.3 Å². The zero-order valence-corrected chi connectivity index (χ0v) is 20.3. The monoisotopic (exact) mass is 492 g/mol. The summed E-state index contributed by atoms with van der Waals surface area (Å²) in [5, 5.41) is 0.572. The molecule has 0 spiro atoms. The van der Waals surface area contributed by atoms with Crippen molar-refractivity contribution in [2.45, 2.75) is 33.7 Å². The number of nitrogens with zero attached hydrogens (tertiary/aromatic N) is 2. The molecule has 0 aliphatic carbocycles. The highest BCUT2D eigenvalue weighted by atomic mass is 32.1. The van der Waals surface area contributed by atoms with Crippen LogP contribution in [0.3, 0.4) is 0 Å². The van der Waals surface area contributed by atoms with Crippen molar-refractivity contribution >= 4 is 39.3 Å². The number of aryl methyl sites for hydroxylation is 3. The molecule has 1 aliphatic heterocycles. The zero-order valence-electron chi connectivity index (χ0n) is 19.5. The Balaban J connectivity index is 1.76. The van der Waals surface area contributed by atoms with Gasteiger partial charge in [0.05, 0.1) is 29.3 Å². The maximum absolute atomic E-state index is 13.7. The normalized spacial score (nSPS) is 15.1. The number of rotatable bonds is 4. The standard InChI is InChI=1S/C26H21FN2O5S/c1-5-33-25(32)23-14(4)28-26(35-23)29-20(15-6-8-16(27)9-7-15)19-21(30)17-10-12(2)13(3)11-18(17)34-22(19)24(29)31/h6-11,20H,5H2,1-4H3. The first-order valence-corrected chi connectivity index (χ1v) is 11.8. The van der Waals surface area contributed by atoms with Crippen LogP contribution >= 0.6 is 11.3 Å². The van der Waals surface area contributed by atoms with E-state index in [9.17, 15) is 18.8 Å². The summed E-state index contributed by atoms with van der Waals surface area (Å²) in [4.78, 5) is 45.8. The van der Waals surface area contributed by atoms with Gasteiger partial charge in [-0.2, -0.15) is 0 Å². The summed E-state index contributed by atoms with van der Waals surface area (Å²) in [5.41, 5.74) is 2.88. The average molecular weight is 493 g/mol. The highest BCUT2D eigenvalue weighted by Gasteiger charge is 2.45. The number of thiazole rings is 1. The van der Waals surface area contributed by atoms with Crippen LogP contribution in [-0.4, -0.2) is 23.5 Å². The van der Waals surface area contributed by atoms with E-state index in [4.69, 9.17) is 9.15 Å². The average Bonchev–Trinajstić information content (AvgIpc) is 3.34. The molecule has 4 aromatic rings. The Labute approximate surface area is 203 Å². The maximum Gasteiger partial charge on any atom is 0.350 e. The fourth-order valence-electron chi connectivity index (χ4n) is 4.26. The summed E-state index contributed by atoms with van der Waals surface area (Å²) in [5.74, 6) is -1.64. The van der Waals surface area contributed by atoms with E-state index < -0.39 is 23.7 Å². The van der Waals surface area contributed by atoms with Crippen molar-refractivity contribution in [2.75, 3.05) is 11.5 Å². The Morgan fingerprint density at radius 1 is 1.14 bits per heavy atom. The Kier molecular flexibility index (Phi) is 5.52. The smallest absolute Gasteiger partial charge is 0.350 e. The van der Waals surface area contributed by atoms with Crippen molar-refractivity contribution in [3.63, 3.8) is 0 Å². The molecule has 0 saturated heterocycles. The number of amides is 1. The quantitative estimate of drug-likeness (QED) is 0.362. The van der Waals surface area contributed by atoms with Crippen LogP contribution in [0.15, 0.2) is 45.6 Å². The zero-order chi connectivity index (χ0) is 25.0. The predicted octanol–water partition coefficient (Wildman–Crippen LogP) is 5.24. The van der Waals surface area contributed by atoms with Crippen LogP contribution < -0.4 is 10.3 Å². The van der Waals surface area contributed by atoms with Gasteiger partial charge in [0.15, 0.2) is 10.6 Å². The minimum Gasteiger partial charge on any atom is -0.462 e. The summed E-state index contributed by atoms with van der Waals surface area (Å²) in [6.45, 7) is 7.34. The van der Waals surface area contributed by atoms with Gasteiger partial charge in [-0.3, -0.25) is 14.5 Å². The number of hydrogen-bond acceptors (Lipinski definition) is 7. The molecule has 3 heterocycles. The molecule has 35 heavy (non-hydrogen) atoms. The number of ether oxygens (including phenoxy) is 1. The van der Waals surface area contributed by atoms with Crippen LogP contribution in [0.25, 0.3) is 11.0 Å². The third kappa shape index (κ3) is 3.63. The molecule has 1 amide bonds. The number of carbonyl (C=O) groups is 2. The van der Waals surface area contributed by atoms with Gasteiger partial charge in [-0.1, -0.05) is 23.5 Å². The number of benzene rings is 2. The number of anilines is 1. The van der Waals surface area contributed by atoms with Gasteiger partial charge in [0.25, 0.3) is 5.91 Å². The topological polar surface area (TPSA) is 89.7 Å². The second kappa shape index (κ2) is 8.42. The first-order chi connectivity index (χ1) is 16.7. The number of esters is 1.